The Balaban J connectivity index is 4.53. The molecule has 1 atom stereocenters. The molecule has 0 heterocycles. The minimum absolute atomic E-state index is 0.120. The van der Waals surface area contributed by atoms with Crippen LogP contribution in [0.15, 0.2) is 122 Å². The van der Waals surface area contributed by atoms with Gasteiger partial charge < -0.3 is 14.2 Å². The number of unbranched alkanes of at least 4 members (excludes halogenated alkanes) is 18. The molecule has 0 N–H and O–H groups in total. The summed E-state index contributed by atoms with van der Waals surface area (Å²) in [6.07, 6.45) is 71.9. The van der Waals surface area contributed by atoms with Crippen molar-refractivity contribution in [1.82, 2.24) is 0 Å². The molecule has 0 saturated heterocycles. The summed E-state index contributed by atoms with van der Waals surface area (Å²) >= 11 is 0. The Morgan fingerprint density at radius 2 is 0.692 bits per heavy atom. The van der Waals surface area contributed by atoms with Crippen molar-refractivity contribution < 1.29 is 28.6 Å². The molecule has 0 aliphatic rings. The predicted molar refractivity (Wildman–Crippen MR) is 279 cm³/mol. The molecule has 0 spiro atoms. The first-order valence-electron chi connectivity index (χ1n) is 26.1. The Morgan fingerprint density at radius 3 is 1.17 bits per heavy atom. The van der Waals surface area contributed by atoms with Crippen molar-refractivity contribution in [3.8, 4) is 0 Å². The van der Waals surface area contributed by atoms with Gasteiger partial charge in [-0.25, -0.2) is 0 Å². The molecule has 0 aromatic carbocycles. The van der Waals surface area contributed by atoms with Gasteiger partial charge in [0.2, 0.25) is 0 Å². The van der Waals surface area contributed by atoms with Gasteiger partial charge in [0, 0.05) is 19.3 Å². The van der Waals surface area contributed by atoms with Gasteiger partial charge in [-0.05, 0) is 77.0 Å². The molecule has 0 fully saturated rings. The van der Waals surface area contributed by atoms with Crippen molar-refractivity contribution >= 4 is 17.9 Å². The number of carbonyl (C=O) groups excluding carboxylic acids is 3. The molecular formula is C59H94O6. The number of allylic oxidation sites excluding steroid dienone is 20. The average molecular weight is 899 g/mol. The van der Waals surface area contributed by atoms with Gasteiger partial charge in [-0.15, -0.1) is 0 Å². The van der Waals surface area contributed by atoms with Crippen LogP contribution in [0.2, 0.25) is 0 Å². The zero-order valence-electron chi connectivity index (χ0n) is 41.7. The summed E-state index contributed by atoms with van der Waals surface area (Å²) in [5, 5.41) is 0. The van der Waals surface area contributed by atoms with E-state index in [4.69, 9.17) is 14.2 Å². The highest BCUT2D eigenvalue weighted by Crippen LogP contribution is 2.15. The van der Waals surface area contributed by atoms with Gasteiger partial charge in [-0.1, -0.05) is 239 Å². The molecule has 65 heavy (non-hydrogen) atoms. The van der Waals surface area contributed by atoms with Crippen LogP contribution in [0.4, 0.5) is 0 Å². The molecule has 0 aliphatic carbocycles. The summed E-state index contributed by atoms with van der Waals surface area (Å²) in [5.74, 6) is -1.03. The maximum Gasteiger partial charge on any atom is 0.306 e. The quantitative estimate of drug-likeness (QED) is 0.0199. The summed E-state index contributed by atoms with van der Waals surface area (Å²) in [6.45, 7) is 6.28. The molecule has 1 unspecified atom stereocenters. The van der Waals surface area contributed by atoms with Crippen molar-refractivity contribution in [1.29, 1.82) is 0 Å². The van der Waals surface area contributed by atoms with Gasteiger partial charge in [0.25, 0.3) is 0 Å². The van der Waals surface area contributed by atoms with Crippen LogP contribution in [0.1, 0.15) is 213 Å². The Hall–Kier alpha value is -4.19. The average Bonchev–Trinajstić information content (AvgIpc) is 3.30. The Morgan fingerprint density at radius 1 is 0.338 bits per heavy atom. The van der Waals surface area contributed by atoms with E-state index >= 15 is 0 Å². The van der Waals surface area contributed by atoms with Crippen LogP contribution < -0.4 is 0 Å². The first-order valence-corrected chi connectivity index (χ1v) is 26.1. The highest BCUT2D eigenvalue weighted by molar-refractivity contribution is 5.71. The van der Waals surface area contributed by atoms with Crippen molar-refractivity contribution in [2.75, 3.05) is 13.2 Å². The molecular weight excluding hydrogens is 805 g/mol. The largest absolute Gasteiger partial charge is 0.462 e. The third-order valence-electron chi connectivity index (χ3n) is 10.6. The number of esters is 3. The van der Waals surface area contributed by atoms with Crippen molar-refractivity contribution in [2.24, 2.45) is 0 Å². The highest BCUT2D eigenvalue weighted by Gasteiger charge is 2.19. The lowest BCUT2D eigenvalue weighted by Crippen LogP contribution is -2.30. The molecule has 0 aromatic rings. The zero-order chi connectivity index (χ0) is 47.2. The summed E-state index contributed by atoms with van der Waals surface area (Å²) < 4.78 is 16.7. The van der Waals surface area contributed by atoms with E-state index in [2.05, 4.69) is 87.6 Å². The Labute approximate surface area is 399 Å². The zero-order valence-corrected chi connectivity index (χ0v) is 41.7. The Bertz CT molecular complexity index is 1400. The fraction of sp³-hybridized carbons (Fsp3) is 0.610. The first kappa shape index (κ1) is 60.8. The lowest BCUT2D eigenvalue weighted by Gasteiger charge is -2.18. The van der Waals surface area contributed by atoms with E-state index in [0.29, 0.717) is 19.3 Å². The van der Waals surface area contributed by atoms with Crippen molar-refractivity contribution in [2.45, 2.75) is 219 Å². The molecule has 0 aromatic heterocycles. The topological polar surface area (TPSA) is 78.9 Å². The lowest BCUT2D eigenvalue weighted by molar-refractivity contribution is -0.167. The van der Waals surface area contributed by atoms with Gasteiger partial charge in [-0.3, -0.25) is 14.4 Å². The van der Waals surface area contributed by atoms with Crippen LogP contribution in [0.25, 0.3) is 0 Å². The van der Waals surface area contributed by atoms with E-state index in [1.54, 1.807) is 0 Å². The van der Waals surface area contributed by atoms with E-state index in [1.807, 2.05) is 54.7 Å². The third-order valence-corrected chi connectivity index (χ3v) is 10.6. The van der Waals surface area contributed by atoms with Gasteiger partial charge in [0.15, 0.2) is 6.10 Å². The fourth-order valence-electron chi connectivity index (χ4n) is 6.73. The van der Waals surface area contributed by atoms with Crippen LogP contribution in [-0.4, -0.2) is 37.2 Å². The van der Waals surface area contributed by atoms with Gasteiger partial charge in [0.1, 0.15) is 13.2 Å². The van der Waals surface area contributed by atoms with E-state index in [9.17, 15) is 14.4 Å². The van der Waals surface area contributed by atoms with E-state index in [0.717, 1.165) is 89.9 Å². The maximum absolute atomic E-state index is 12.8. The second kappa shape index (κ2) is 52.4. The minimum atomic E-state index is -0.822. The van der Waals surface area contributed by atoms with Gasteiger partial charge >= 0.3 is 17.9 Å². The van der Waals surface area contributed by atoms with E-state index < -0.39 is 6.10 Å². The molecule has 366 valence electrons. The number of hydrogen-bond donors (Lipinski definition) is 0. The maximum atomic E-state index is 12.8. The highest BCUT2D eigenvalue weighted by atomic mass is 16.6. The molecule has 0 aliphatic heterocycles. The van der Waals surface area contributed by atoms with Gasteiger partial charge in [0.05, 0.1) is 0 Å². The molecule has 0 rings (SSSR count). The molecule has 6 nitrogen and oxygen atoms in total. The number of hydrogen-bond acceptors (Lipinski definition) is 6. The van der Waals surface area contributed by atoms with Crippen LogP contribution in [0.3, 0.4) is 0 Å². The number of rotatable bonds is 45. The smallest absolute Gasteiger partial charge is 0.306 e. The molecule has 0 saturated carbocycles. The summed E-state index contributed by atoms with van der Waals surface area (Å²) in [7, 11) is 0. The summed E-state index contributed by atoms with van der Waals surface area (Å²) in [4.78, 5) is 38.0. The minimum Gasteiger partial charge on any atom is -0.462 e. The first-order chi connectivity index (χ1) is 32.0. The molecule has 6 heteroatoms. The number of carbonyl (C=O) groups is 3. The normalized spacial score (nSPS) is 13.1. The predicted octanol–water partition coefficient (Wildman–Crippen LogP) is 17.3. The SMILES string of the molecule is CC\C=C/C=C\C=C/C=C\C=C/CCCC(=O)OCC(COC(=O)CCCCC/C=C\C/C=C\C/C=C\C/C=C\C/C=C\CC)OC(=O)CCCCCCCCCCCCCCCCC. The van der Waals surface area contributed by atoms with E-state index in [1.165, 1.54) is 77.0 Å². The summed E-state index contributed by atoms with van der Waals surface area (Å²) in [6, 6.07) is 0. The standard InChI is InChI=1S/C59H94O6/c1-4-7-10-13-16-19-22-25-27-28-29-30-32-34-37-40-43-46-49-52-58(61)64-55-56(54-63-57(60)51-48-45-42-39-36-33-24-21-18-15-12-9-6-3)65-59(62)53-50-47-44-41-38-35-31-26-23-20-17-14-11-8-5-2/h7,9-10,12,15-16,18-19,21,24-25,27,29-30,33-34,36-37,39,42,56H,4-6,8,11,13-14,17,20,22-23,26,28,31-32,35,38,40-41,43-55H2,1-3H3/b10-7-,12-9-,18-15-,19-16-,24-21-,27-25-,30-29-,36-33-,37-34-,42-39-. The van der Waals surface area contributed by atoms with Crippen molar-refractivity contribution in [3.63, 3.8) is 0 Å². The van der Waals surface area contributed by atoms with Crippen LogP contribution in [0.5, 0.6) is 0 Å². The van der Waals surface area contributed by atoms with Crippen LogP contribution in [-0.2, 0) is 28.6 Å². The third kappa shape index (κ3) is 50.7. The molecule has 0 amide bonds. The van der Waals surface area contributed by atoms with Gasteiger partial charge in [-0.2, -0.15) is 0 Å². The number of ether oxygens (including phenoxy) is 3. The Kier molecular flexibility index (Phi) is 49.1. The van der Waals surface area contributed by atoms with Crippen LogP contribution >= 0.6 is 0 Å². The van der Waals surface area contributed by atoms with Crippen LogP contribution in [0, 0.1) is 0 Å². The lowest BCUT2D eigenvalue weighted by atomic mass is 10.0. The summed E-state index contributed by atoms with van der Waals surface area (Å²) in [5.41, 5.74) is 0. The second-order valence-corrected chi connectivity index (χ2v) is 16.8. The second-order valence-electron chi connectivity index (χ2n) is 16.8. The van der Waals surface area contributed by atoms with E-state index in [-0.39, 0.29) is 37.5 Å². The van der Waals surface area contributed by atoms with Crippen molar-refractivity contribution in [3.05, 3.63) is 122 Å². The molecule has 0 bridgehead atoms. The fourth-order valence-corrected chi connectivity index (χ4v) is 6.73. The molecule has 0 radical (unpaired) electrons. The monoisotopic (exact) mass is 899 g/mol.